The molecule has 1 atom stereocenters. The van der Waals surface area contributed by atoms with Crippen LogP contribution in [-0.4, -0.2) is 44.5 Å². The molecule has 0 spiro atoms. The van der Waals surface area contributed by atoms with Gasteiger partial charge in [-0.2, -0.15) is 0 Å². The Balaban J connectivity index is 3.24. The fourth-order valence-corrected chi connectivity index (χ4v) is 6.54. The second kappa shape index (κ2) is 15.8. The van der Waals surface area contributed by atoms with Crippen LogP contribution in [0.25, 0.3) is 0 Å². The Bertz CT molecular complexity index is 1320. The molecular formula is C37H62O8P2. The third kappa shape index (κ3) is 10.7. The van der Waals surface area contributed by atoms with Crippen molar-refractivity contribution < 1.29 is 38.5 Å². The maximum absolute atomic E-state index is 11.3. The third-order valence-corrected chi connectivity index (χ3v) is 9.57. The average Bonchev–Trinajstić information content (AvgIpc) is 2.93. The van der Waals surface area contributed by atoms with E-state index < -0.39 is 35.3 Å². The van der Waals surface area contributed by atoms with E-state index in [-0.39, 0.29) is 34.9 Å². The molecule has 0 radical (unpaired) electrons. The van der Waals surface area contributed by atoms with Crippen molar-refractivity contribution in [3.05, 3.63) is 63.2 Å². The molecule has 0 bridgehead atoms. The molecule has 0 fully saturated rings. The van der Waals surface area contributed by atoms with E-state index in [4.69, 9.17) is 13.8 Å². The van der Waals surface area contributed by atoms with Gasteiger partial charge in [0.25, 0.3) is 0 Å². The summed E-state index contributed by atoms with van der Waals surface area (Å²) in [4.78, 5) is 39.7. The minimum Gasteiger partial charge on any atom is -0.484 e. The van der Waals surface area contributed by atoms with E-state index >= 15 is 0 Å². The Morgan fingerprint density at radius 3 is 1.34 bits per heavy atom. The number of rotatable bonds is 13. The Morgan fingerprint density at radius 1 is 0.596 bits per heavy atom. The summed E-state index contributed by atoms with van der Waals surface area (Å²) < 4.78 is 18.3. The number of hydrogen-bond donors (Lipinski definition) is 5. The first-order valence-corrected chi connectivity index (χ1v) is 18.9. The zero-order chi connectivity index (χ0) is 36.3. The molecule has 0 saturated heterocycles. The van der Waals surface area contributed by atoms with Crippen molar-refractivity contribution in [1.29, 1.82) is 0 Å². The van der Waals surface area contributed by atoms with Gasteiger partial charge in [0.15, 0.2) is 0 Å². The summed E-state index contributed by atoms with van der Waals surface area (Å²) in [7, 11) is -5.61. The number of aryl methyl sites for hydroxylation is 2. The van der Waals surface area contributed by atoms with E-state index in [9.17, 15) is 24.7 Å². The van der Waals surface area contributed by atoms with Crippen LogP contribution in [0, 0.1) is 5.41 Å². The first-order chi connectivity index (χ1) is 21.3. The van der Waals surface area contributed by atoms with Crippen LogP contribution >= 0.6 is 17.2 Å². The third-order valence-electron chi connectivity index (χ3n) is 8.85. The van der Waals surface area contributed by atoms with Crippen molar-refractivity contribution in [3.8, 4) is 5.75 Å². The second-order valence-electron chi connectivity index (χ2n) is 16.9. The largest absolute Gasteiger partial charge is 0.484 e. The molecule has 0 amide bonds. The molecule has 0 aliphatic heterocycles. The Hall–Kier alpha value is -1.18. The molecule has 47 heavy (non-hydrogen) atoms. The molecule has 0 aromatic heterocycles. The summed E-state index contributed by atoms with van der Waals surface area (Å²) in [5, 5.41) is 11.3. The van der Waals surface area contributed by atoms with Crippen LogP contribution in [-0.2, 0) is 43.5 Å². The number of aliphatic hydroxyl groups is 1. The molecule has 2 aromatic rings. The van der Waals surface area contributed by atoms with Gasteiger partial charge in [0.1, 0.15) is 11.9 Å². The van der Waals surface area contributed by atoms with E-state index in [1.807, 2.05) is 0 Å². The number of benzene rings is 2. The van der Waals surface area contributed by atoms with Crippen molar-refractivity contribution in [1.82, 2.24) is 0 Å². The summed E-state index contributed by atoms with van der Waals surface area (Å²) in [6.07, 6.45) is 0.379. The molecule has 268 valence electrons. The average molecular weight is 697 g/mol. The lowest BCUT2D eigenvalue weighted by Crippen LogP contribution is -2.45. The molecule has 0 aliphatic rings. The summed E-state index contributed by atoms with van der Waals surface area (Å²) in [5.74, 6) is 0.683. The second-order valence-corrected chi connectivity index (χ2v) is 18.4. The van der Waals surface area contributed by atoms with Crippen LogP contribution in [0.15, 0.2) is 24.3 Å². The lowest BCUT2D eigenvalue weighted by atomic mass is 9.70. The molecule has 0 heterocycles. The summed E-state index contributed by atoms with van der Waals surface area (Å²) in [6.45, 7) is 28.8. The van der Waals surface area contributed by atoms with Crippen LogP contribution in [0.4, 0.5) is 0 Å². The van der Waals surface area contributed by atoms with Crippen LogP contribution in [0.5, 0.6) is 5.75 Å². The quantitative estimate of drug-likeness (QED) is 0.132. The predicted molar refractivity (Wildman–Crippen MR) is 194 cm³/mol. The summed E-state index contributed by atoms with van der Waals surface area (Å²) in [6, 6.07) is 8.78. The highest BCUT2D eigenvalue weighted by Gasteiger charge is 2.47. The SMILES string of the molecule is CCc1cc(C(C)(C)C)cc(C(C)(C)C)c1OC(c1c(CC)cc(C(C)(C)C)cc1C(C)(C)C)C(CO)(COP(O)O)COP(O)O. The number of hydrogen-bond acceptors (Lipinski definition) is 8. The van der Waals surface area contributed by atoms with E-state index in [1.54, 1.807) is 0 Å². The first-order valence-electron chi connectivity index (χ1n) is 16.6. The van der Waals surface area contributed by atoms with Gasteiger partial charge in [-0.1, -0.05) is 121 Å². The highest BCUT2D eigenvalue weighted by atomic mass is 31.2. The van der Waals surface area contributed by atoms with Crippen molar-refractivity contribution in [2.24, 2.45) is 5.41 Å². The van der Waals surface area contributed by atoms with Gasteiger partial charge in [0.2, 0.25) is 0 Å². The molecule has 0 saturated carbocycles. The van der Waals surface area contributed by atoms with E-state index in [1.165, 1.54) is 5.56 Å². The zero-order valence-electron chi connectivity index (χ0n) is 31.3. The van der Waals surface area contributed by atoms with Crippen LogP contribution < -0.4 is 4.74 Å². The highest BCUT2D eigenvalue weighted by molar-refractivity contribution is 7.39. The first kappa shape index (κ1) is 42.0. The van der Waals surface area contributed by atoms with E-state index in [0.29, 0.717) is 18.6 Å². The van der Waals surface area contributed by atoms with Gasteiger partial charge in [-0.05, 0) is 62.3 Å². The normalized spacial score (nSPS) is 14.3. The maximum Gasteiger partial charge on any atom is 0.327 e. The van der Waals surface area contributed by atoms with Gasteiger partial charge < -0.3 is 38.5 Å². The molecule has 2 aromatic carbocycles. The van der Waals surface area contributed by atoms with Gasteiger partial charge in [-0.25, -0.2) is 0 Å². The number of ether oxygens (including phenoxy) is 1. The maximum atomic E-state index is 11.3. The van der Waals surface area contributed by atoms with E-state index in [0.717, 1.165) is 33.4 Å². The lowest BCUT2D eigenvalue weighted by Gasteiger charge is -2.43. The molecule has 2 rings (SSSR count). The molecular weight excluding hydrogens is 634 g/mol. The van der Waals surface area contributed by atoms with Crippen LogP contribution in [0.3, 0.4) is 0 Å². The van der Waals surface area contributed by atoms with Gasteiger partial charge in [0.05, 0.1) is 25.2 Å². The minimum absolute atomic E-state index is 0.116. The Morgan fingerprint density at radius 2 is 1.00 bits per heavy atom. The van der Waals surface area contributed by atoms with Gasteiger partial charge in [0, 0.05) is 11.1 Å². The highest BCUT2D eigenvalue weighted by Crippen LogP contribution is 2.50. The van der Waals surface area contributed by atoms with Crippen molar-refractivity contribution in [2.45, 2.75) is 138 Å². The van der Waals surface area contributed by atoms with Gasteiger partial charge >= 0.3 is 17.2 Å². The zero-order valence-corrected chi connectivity index (χ0v) is 33.1. The fraction of sp³-hybridized carbons (Fsp3) is 0.676. The minimum atomic E-state index is -2.81. The van der Waals surface area contributed by atoms with Crippen molar-refractivity contribution in [3.63, 3.8) is 0 Å². The lowest BCUT2D eigenvalue weighted by molar-refractivity contribution is -0.0669. The predicted octanol–water partition coefficient (Wildman–Crippen LogP) is 8.56. The summed E-state index contributed by atoms with van der Waals surface area (Å²) in [5.41, 5.74) is 4.76. The monoisotopic (exact) mass is 696 g/mol. The van der Waals surface area contributed by atoms with E-state index in [2.05, 4.69) is 121 Å². The molecule has 5 N–H and O–H groups in total. The van der Waals surface area contributed by atoms with Crippen LogP contribution in [0.2, 0.25) is 0 Å². The van der Waals surface area contributed by atoms with Crippen molar-refractivity contribution >= 4 is 17.2 Å². The van der Waals surface area contributed by atoms with Crippen molar-refractivity contribution in [2.75, 3.05) is 19.8 Å². The topological polar surface area (TPSA) is 129 Å². The molecule has 10 heteroatoms. The summed E-state index contributed by atoms with van der Waals surface area (Å²) >= 11 is 0. The standard InChI is InChI=1S/C37H62O8P2/c1-15-24-17-26(33(3,4)5)19-28(35(9,10)11)30(24)32(37(21-38,22-43-46(39)40)23-44-47(41)42)45-31-25(16-2)18-27(34(6,7)8)20-29(31)36(12,13)14/h17-20,32,38-42H,15-16,21-23H2,1-14H3. The van der Waals surface area contributed by atoms with Crippen LogP contribution in [0.1, 0.15) is 142 Å². The van der Waals surface area contributed by atoms with Gasteiger partial charge in [-0.3, -0.25) is 0 Å². The Kier molecular flexibility index (Phi) is 14.1. The molecule has 8 nitrogen and oxygen atoms in total. The molecule has 1 unspecified atom stereocenters. The van der Waals surface area contributed by atoms with Gasteiger partial charge in [-0.15, -0.1) is 0 Å². The number of aliphatic hydroxyl groups excluding tert-OH is 1. The Labute approximate surface area is 286 Å². The smallest absolute Gasteiger partial charge is 0.327 e. The fourth-order valence-electron chi connectivity index (χ4n) is 5.80. The molecule has 0 aliphatic carbocycles.